The fourth-order valence-electron chi connectivity index (χ4n) is 5.84. The van der Waals surface area contributed by atoms with E-state index in [9.17, 15) is 14.7 Å². The third-order valence-electron chi connectivity index (χ3n) is 8.59. The first-order valence-electron chi connectivity index (χ1n) is 16.9. The number of hydrogen-bond donors (Lipinski definition) is 4. The van der Waals surface area contributed by atoms with E-state index < -0.39 is 6.29 Å². The van der Waals surface area contributed by atoms with Crippen molar-refractivity contribution >= 4 is 35.0 Å². The summed E-state index contributed by atoms with van der Waals surface area (Å²) in [6.07, 6.45) is 4.12. The molecule has 5 N–H and O–H groups in total. The number of aliphatic hydroxyl groups excluding tert-OH is 1. The van der Waals surface area contributed by atoms with E-state index in [1.54, 1.807) is 54.5 Å². The molecule has 1 aliphatic rings. The molecular weight excluding hydrogens is 663 g/mol. The Balaban J connectivity index is 1.07. The van der Waals surface area contributed by atoms with Gasteiger partial charge in [0.05, 0.1) is 30.2 Å². The molecule has 4 aromatic carbocycles. The van der Waals surface area contributed by atoms with Crippen LogP contribution in [-0.2, 0) is 32.2 Å². The number of nitrogen functional groups attached to an aromatic ring is 1. The number of hydrogen-bond acceptors (Lipinski definition) is 9. The molecular formula is C40H41N5O5S. The summed E-state index contributed by atoms with van der Waals surface area (Å²) < 4.78 is 13.0. The minimum absolute atomic E-state index is 0.0120. The van der Waals surface area contributed by atoms with Gasteiger partial charge in [-0.25, -0.2) is 9.97 Å². The first-order valence-corrected chi connectivity index (χ1v) is 17.9. The van der Waals surface area contributed by atoms with Gasteiger partial charge in [0.25, 0.3) is 0 Å². The lowest BCUT2D eigenvalue weighted by Gasteiger charge is -2.36. The molecule has 0 aliphatic carbocycles. The predicted molar refractivity (Wildman–Crippen MR) is 198 cm³/mol. The average molecular weight is 704 g/mol. The molecule has 5 aromatic rings. The summed E-state index contributed by atoms with van der Waals surface area (Å²) in [6, 6.07) is 32.8. The summed E-state index contributed by atoms with van der Waals surface area (Å²) in [5.41, 5.74) is 12.7. The van der Waals surface area contributed by atoms with Crippen molar-refractivity contribution in [2.24, 2.45) is 0 Å². The highest BCUT2D eigenvalue weighted by atomic mass is 32.2. The van der Waals surface area contributed by atoms with Crippen LogP contribution >= 0.6 is 11.8 Å². The van der Waals surface area contributed by atoms with Crippen LogP contribution in [0, 0.1) is 0 Å². The molecule has 3 atom stereocenters. The number of rotatable bonds is 14. The second-order valence-electron chi connectivity index (χ2n) is 12.2. The number of carbonyl (C=O) groups excluding carboxylic acids is 2. The zero-order valence-electron chi connectivity index (χ0n) is 28.1. The Morgan fingerprint density at radius 1 is 0.824 bits per heavy atom. The number of thioether (sulfide) groups is 1. The lowest BCUT2D eigenvalue weighted by atomic mass is 9.97. The number of ether oxygens (including phenoxy) is 2. The average Bonchev–Trinajstić information content (AvgIpc) is 3.17. The van der Waals surface area contributed by atoms with E-state index in [4.69, 9.17) is 15.2 Å². The quantitative estimate of drug-likeness (QED) is 0.0546. The van der Waals surface area contributed by atoms with Crippen LogP contribution in [0.3, 0.4) is 0 Å². The zero-order valence-corrected chi connectivity index (χ0v) is 28.9. The molecule has 0 radical (unpaired) electrons. The van der Waals surface area contributed by atoms with E-state index in [0.717, 1.165) is 33.4 Å². The molecule has 0 saturated carbocycles. The number of nitrogens with one attached hydrogen (secondary N) is 2. The molecule has 262 valence electrons. The smallest absolute Gasteiger partial charge is 0.224 e. The van der Waals surface area contributed by atoms with E-state index >= 15 is 0 Å². The Morgan fingerprint density at radius 2 is 1.53 bits per heavy atom. The van der Waals surface area contributed by atoms with Crippen LogP contribution in [0.25, 0.3) is 11.1 Å². The minimum atomic E-state index is -0.584. The van der Waals surface area contributed by atoms with Crippen molar-refractivity contribution < 1.29 is 24.2 Å². The summed E-state index contributed by atoms with van der Waals surface area (Å²) in [4.78, 5) is 33.7. The van der Waals surface area contributed by atoms with Crippen molar-refractivity contribution in [3.63, 3.8) is 0 Å². The second kappa shape index (κ2) is 17.7. The Bertz CT molecular complexity index is 1890. The Morgan fingerprint density at radius 3 is 2.29 bits per heavy atom. The van der Waals surface area contributed by atoms with Gasteiger partial charge in [-0.2, -0.15) is 0 Å². The number of nitrogens with two attached hydrogens (primary N) is 1. The molecule has 6 rings (SSSR count). The van der Waals surface area contributed by atoms with Crippen molar-refractivity contribution in [3.05, 3.63) is 138 Å². The van der Waals surface area contributed by atoms with E-state index in [-0.39, 0.29) is 43.5 Å². The third-order valence-corrected chi connectivity index (χ3v) is 9.59. The lowest BCUT2D eigenvalue weighted by molar-refractivity contribution is -0.245. The minimum Gasteiger partial charge on any atom is -0.397 e. The monoisotopic (exact) mass is 703 g/mol. The SMILES string of the molecule is Nc1ccccc1NC(=O)CCCC(=O)NCc1ccccc1-c1ccc([C@@H]2O[C@H](CSc3ncccn3)C[C@H](c3ccc(CO)cc3)O2)cc1. The van der Waals surface area contributed by atoms with Crippen LogP contribution < -0.4 is 16.4 Å². The van der Waals surface area contributed by atoms with Gasteiger partial charge in [-0.1, -0.05) is 96.7 Å². The normalized spacial score (nSPS) is 17.1. The molecule has 51 heavy (non-hydrogen) atoms. The summed E-state index contributed by atoms with van der Waals surface area (Å²) in [5.74, 6) is 0.371. The number of anilines is 2. The van der Waals surface area contributed by atoms with Crippen LogP contribution in [0.2, 0.25) is 0 Å². The van der Waals surface area contributed by atoms with Gasteiger partial charge in [-0.15, -0.1) is 0 Å². The zero-order chi connectivity index (χ0) is 35.4. The molecule has 2 amide bonds. The predicted octanol–water partition coefficient (Wildman–Crippen LogP) is 6.98. The fraction of sp³-hybridized carbons (Fsp3) is 0.250. The van der Waals surface area contributed by atoms with Gasteiger partial charge in [-0.3, -0.25) is 9.59 Å². The van der Waals surface area contributed by atoms with E-state index in [1.807, 2.05) is 72.8 Å². The molecule has 0 unspecified atom stereocenters. The van der Waals surface area contributed by atoms with E-state index in [2.05, 4.69) is 20.6 Å². The van der Waals surface area contributed by atoms with Crippen LogP contribution in [0.4, 0.5) is 11.4 Å². The summed E-state index contributed by atoms with van der Waals surface area (Å²) >= 11 is 1.55. The maximum absolute atomic E-state index is 12.7. The maximum atomic E-state index is 12.7. The Kier molecular flexibility index (Phi) is 12.4. The van der Waals surface area contributed by atoms with Gasteiger partial charge in [0, 0.05) is 49.5 Å². The summed E-state index contributed by atoms with van der Waals surface area (Å²) in [7, 11) is 0. The lowest BCUT2D eigenvalue weighted by Crippen LogP contribution is -2.31. The van der Waals surface area contributed by atoms with Crippen LogP contribution in [0.5, 0.6) is 0 Å². The van der Waals surface area contributed by atoms with Crippen molar-refractivity contribution in [2.45, 2.75) is 62.5 Å². The number of aliphatic hydroxyl groups is 1. The summed E-state index contributed by atoms with van der Waals surface area (Å²) in [6.45, 7) is 0.349. The first kappa shape index (κ1) is 35.7. The van der Waals surface area contributed by atoms with Crippen LogP contribution in [0.15, 0.2) is 121 Å². The van der Waals surface area contributed by atoms with Crippen molar-refractivity contribution in [2.75, 3.05) is 16.8 Å². The van der Waals surface area contributed by atoms with Gasteiger partial charge < -0.3 is 30.9 Å². The van der Waals surface area contributed by atoms with Gasteiger partial charge in [0.15, 0.2) is 11.4 Å². The highest BCUT2D eigenvalue weighted by Gasteiger charge is 2.32. The maximum Gasteiger partial charge on any atom is 0.224 e. The topological polar surface area (TPSA) is 149 Å². The van der Waals surface area contributed by atoms with Crippen molar-refractivity contribution in [3.8, 4) is 11.1 Å². The van der Waals surface area contributed by atoms with Gasteiger partial charge in [0.1, 0.15) is 0 Å². The molecule has 2 heterocycles. The van der Waals surface area contributed by atoms with Crippen LogP contribution in [0.1, 0.15) is 60.3 Å². The number of carbonyl (C=O) groups is 2. The summed E-state index contributed by atoms with van der Waals surface area (Å²) in [5, 5.41) is 16.0. The molecule has 1 aromatic heterocycles. The number of nitrogens with zero attached hydrogens (tertiary/aromatic N) is 2. The largest absolute Gasteiger partial charge is 0.397 e. The second-order valence-corrected chi connectivity index (χ2v) is 13.2. The molecule has 0 bridgehead atoms. The van der Waals surface area contributed by atoms with Gasteiger partial charge >= 0.3 is 0 Å². The van der Waals surface area contributed by atoms with E-state index in [1.165, 1.54) is 0 Å². The molecule has 1 fully saturated rings. The first-order chi connectivity index (χ1) is 24.9. The fourth-order valence-corrected chi connectivity index (χ4v) is 6.66. The standard InChI is InChI=1S/C40H41N5O5S/c41-34-9-3-4-10-35(34)45-38(48)12-5-11-37(47)44-24-31-7-1-2-8-33(31)28-17-19-30(20-18-28)39-49-32(26-51-40-42-21-6-22-43-40)23-36(50-39)29-15-13-27(25-46)14-16-29/h1-4,6-10,13-22,32,36,39,46H,5,11-12,23-26,41H2,(H,44,47)(H,45,48)/t32-,36+,39+/m0/s1. The molecule has 0 spiro atoms. The molecule has 1 aliphatic heterocycles. The number of amides is 2. The Hall–Kier alpha value is -5.07. The molecule has 1 saturated heterocycles. The number of aromatic nitrogens is 2. The number of para-hydroxylation sites is 2. The molecule has 10 nitrogen and oxygen atoms in total. The highest BCUT2D eigenvalue weighted by molar-refractivity contribution is 7.99. The third kappa shape index (κ3) is 10.0. The van der Waals surface area contributed by atoms with Gasteiger partial charge in [0.2, 0.25) is 11.8 Å². The van der Waals surface area contributed by atoms with Crippen LogP contribution in [-0.4, -0.2) is 38.7 Å². The highest BCUT2D eigenvalue weighted by Crippen LogP contribution is 2.39. The van der Waals surface area contributed by atoms with Crippen molar-refractivity contribution in [1.82, 2.24) is 15.3 Å². The van der Waals surface area contributed by atoms with Crippen molar-refractivity contribution in [1.29, 1.82) is 0 Å². The number of benzene rings is 4. The molecule has 11 heteroatoms. The van der Waals surface area contributed by atoms with E-state index in [0.29, 0.717) is 41.7 Å². The van der Waals surface area contributed by atoms with Gasteiger partial charge in [-0.05, 0) is 52.4 Å². The Labute approximate surface area is 301 Å².